The highest BCUT2D eigenvalue weighted by Gasteiger charge is 2.26. The van der Waals surface area contributed by atoms with Gasteiger partial charge in [-0.3, -0.25) is 18.8 Å². The van der Waals surface area contributed by atoms with Crippen LogP contribution >= 0.6 is 0 Å². The first-order valence-electron chi connectivity index (χ1n) is 13.2. The molecule has 5 aromatic rings. The van der Waals surface area contributed by atoms with Crippen molar-refractivity contribution < 1.29 is 4.79 Å². The maximum absolute atomic E-state index is 14.2. The van der Waals surface area contributed by atoms with Crippen LogP contribution in [-0.4, -0.2) is 41.6 Å². The van der Waals surface area contributed by atoms with Gasteiger partial charge in [-0.25, -0.2) is 9.67 Å². The minimum absolute atomic E-state index is 0.107. The van der Waals surface area contributed by atoms with Crippen molar-refractivity contribution in [3.05, 3.63) is 99.4 Å². The van der Waals surface area contributed by atoms with Crippen LogP contribution in [0.2, 0.25) is 0 Å². The van der Waals surface area contributed by atoms with Crippen LogP contribution in [0, 0.1) is 6.92 Å². The Kier molecular flexibility index (Phi) is 6.46. The summed E-state index contributed by atoms with van der Waals surface area (Å²) in [6.45, 7) is 4.33. The lowest BCUT2D eigenvalue weighted by atomic mass is 10.1. The molecule has 41 heavy (non-hydrogen) atoms. The Labute approximate surface area is 235 Å². The minimum atomic E-state index is -0.647. The summed E-state index contributed by atoms with van der Waals surface area (Å²) in [4.78, 5) is 32.6. The zero-order valence-corrected chi connectivity index (χ0v) is 22.9. The van der Waals surface area contributed by atoms with Crippen molar-refractivity contribution in [1.29, 1.82) is 0 Å². The van der Waals surface area contributed by atoms with E-state index in [4.69, 9.17) is 10.7 Å². The molecule has 0 spiro atoms. The van der Waals surface area contributed by atoms with Crippen molar-refractivity contribution >= 4 is 46.8 Å². The fourth-order valence-corrected chi connectivity index (χ4v) is 4.98. The van der Waals surface area contributed by atoms with Gasteiger partial charge in [0.15, 0.2) is 5.82 Å². The molecule has 206 valence electrons. The Hall–Kier alpha value is -5.45. The van der Waals surface area contributed by atoms with Crippen LogP contribution in [-0.2, 0) is 7.05 Å². The SMILES string of the molecule is Cc1c(/C=C/c2cccc3nc(C(C)NC(=O)c4c(N)nn5c4NCC=C5)n(-c4ccccc4)c(=O)c23)cnn1C. The fraction of sp³-hybridized carbons (Fsp3) is 0.167. The van der Waals surface area contributed by atoms with Gasteiger partial charge in [0.2, 0.25) is 0 Å². The second kappa shape index (κ2) is 10.3. The quantitative estimate of drug-likeness (QED) is 0.294. The van der Waals surface area contributed by atoms with Gasteiger partial charge in [0.25, 0.3) is 11.5 Å². The van der Waals surface area contributed by atoms with E-state index in [2.05, 4.69) is 20.8 Å². The third-order valence-electron chi connectivity index (χ3n) is 7.22. The lowest BCUT2D eigenvalue weighted by Gasteiger charge is -2.20. The van der Waals surface area contributed by atoms with Gasteiger partial charge >= 0.3 is 0 Å². The Morgan fingerprint density at radius 2 is 1.90 bits per heavy atom. The lowest BCUT2D eigenvalue weighted by molar-refractivity contribution is 0.0939. The largest absolute Gasteiger partial charge is 0.381 e. The van der Waals surface area contributed by atoms with E-state index >= 15 is 0 Å². The van der Waals surface area contributed by atoms with E-state index in [0.717, 1.165) is 16.8 Å². The van der Waals surface area contributed by atoms with Gasteiger partial charge in [-0.2, -0.15) is 5.10 Å². The van der Waals surface area contributed by atoms with Gasteiger partial charge in [0, 0.05) is 31.0 Å². The maximum atomic E-state index is 14.2. The molecule has 6 rings (SSSR count). The van der Waals surface area contributed by atoms with Crippen LogP contribution < -0.4 is 21.9 Å². The van der Waals surface area contributed by atoms with Crippen molar-refractivity contribution in [2.45, 2.75) is 19.9 Å². The number of para-hydroxylation sites is 1. The highest BCUT2D eigenvalue weighted by atomic mass is 16.2. The molecule has 4 N–H and O–H groups in total. The molecule has 4 heterocycles. The van der Waals surface area contributed by atoms with E-state index in [0.29, 0.717) is 34.8 Å². The fourth-order valence-electron chi connectivity index (χ4n) is 4.98. The van der Waals surface area contributed by atoms with Crippen molar-refractivity contribution in [3.63, 3.8) is 0 Å². The first-order chi connectivity index (χ1) is 19.8. The molecule has 1 atom stereocenters. The Morgan fingerprint density at radius 1 is 1.12 bits per heavy atom. The predicted octanol–water partition coefficient (Wildman–Crippen LogP) is 3.76. The average molecular weight is 548 g/mol. The van der Waals surface area contributed by atoms with Crippen LogP contribution in [0.3, 0.4) is 0 Å². The number of nitrogens with one attached hydrogen (secondary N) is 2. The molecule has 1 amide bonds. The summed E-state index contributed by atoms with van der Waals surface area (Å²) >= 11 is 0. The molecule has 0 fully saturated rings. The molecule has 0 bridgehead atoms. The number of carbonyl (C=O) groups is 1. The van der Waals surface area contributed by atoms with E-state index in [1.54, 1.807) is 34.6 Å². The van der Waals surface area contributed by atoms with Gasteiger partial charge in [-0.05, 0) is 43.7 Å². The highest BCUT2D eigenvalue weighted by molar-refractivity contribution is 6.04. The van der Waals surface area contributed by atoms with Crippen LogP contribution in [0.1, 0.15) is 46.0 Å². The molecule has 3 aromatic heterocycles. The zero-order valence-electron chi connectivity index (χ0n) is 22.9. The third kappa shape index (κ3) is 4.56. The number of rotatable bonds is 6. The van der Waals surface area contributed by atoms with E-state index in [1.165, 1.54) is 4.68 Å². The molecule has 1 aliphatic rings. The number of nitrogen functional groups attached to an aromatic ring is 1. The van der Waals surface area contributed by atoms with Crippen molar-refractivity contribution in [3.8, 4) is 5.69 Å². The summed E-state index contributed by atoms with van der Waals surface area (Å²) in [6, 6.07) is 14.2. The number of fused-ring (bicyclic) bond motifs is 2. The standard InChI is InChI=1S/C30H29N9O2/c1-18(34-29(40)25-26(31)36-38-16-8-15-32-28(25)38)27-35-23-12-7-9-20(13-14-21-17-33-37(3)19(21)2)24(23)30(41)39(27)22-10-5-4-6-11-22/h4-14,16-18,32H,15H2,1-3H3,(H2,31,36)(H,34,40)/b14-13+. The van der Waals surface area contributed by atoms with E-state index in [9.17, 15) is 9.59 Å². The number of nitrogens with zero attached hydrogens (tertiary/aromatic N) is 6. The number of hydrogen-bond acceptors (Lipinski definition) is 7. The average Bonchev–Trinajstić information content (AvgIpc) is 3.49. The van der Waals surface area contributed by atoms with Crippen molar-refractivity contribution in [2.24, 2.45) is 7.05 Å². The van der Waals surface area contributed by atoms with Crippen molar-refractivity contribution in [1.82, 2.24) is 34.4 Å². The molecule has 0 saturated carbocycles. The molecule has 0 radical (unpaired) electrons. The first kappa shape index (κ1) is 25.8. The molecule has 0 saturated heterocycles. The summed E-state index contributed by atoms with van der Waals surface area (Å²) < 4.78 is 4.89. The topological polar surface area (TPSA) is 138 Å². The Bertz CT molecular complexity index is 1910. The molecule has 2 aromatic carbocycles. The van der Waals surface area contributed by atoms with Crippen LogP contribution in [0.4, 0.5) is 11.6 Å². The van der Waals surface area contributed by atoms with Gasteiger partial charge in [-0.1, -0.05) is 42.5 Å². The summed E-state index contributed by atoms with van der Waals surface area (Å²) in [5.74, 6) is 0.591. The second-order valence-corrected chi connectivity index (χ2v) is 9.84. The Morgan fingerprint density at radius 3 is 2.66 bits per heavy atom. The normalized spacial score (nSPS) is 13.3. The molecule has 0 aliphatic carbocycles. The van der Waals surface area contributed by atoms with E-state index < -0.39 is 11.9 Å². The van der Waals surface area contributed by atoms with Gasteiger partial charge < -0.3 is 16.4 Å². The van der Waals surface area contributed by atoms with Crippen LogP contribution in [0.25, 0.3) is 34.9 Å². The number of carbonyl (C=O) groups excluding carboxylic acids is 1. The molecular formula is C30H29N9O2. The van der Waals surface area contributed by atoms with Crippen LogP contribution in [0.5, 0.6) is 0 Å². The second-order valence-electron chi connectivity index (χ2n) is 9.84. The van der Waals surface area contributed by atoms with Gasteiger partial charge in [0.1, 0.15) is 17.2 Å². The minimum Gasteiger partial charge on any atom is -0.381 e. The van der Waals surface area contributed by atoms with Crippen LogP contribution in [0.15, 0.2) is 65.6 Å². The number of aromatic nitrogens is 6. The van der Waals surface area contributed by atoms with Gasteiger partial charge in [-0.15, -0.1) is 5.10 Å². The van der Waals surface area contributed by atoms with E-state index in [-0.39, 0.29) is 16.9 Å². The number of benzene rings is 2. The highest BCUT2D eigenvalue weighted by Crippen LogP contribution is 2.26. The molecular weight excluding hydrogens is 518 g/mol. The number of hydrogen-bond donors (Lipinski definition) is 3. The first-order valence-corrected chi connectivity index (χ1v) is 13.2. The summed E-state index contributed by atoms with van der Waals surface area (Å²) in [5, 5.41) is 15.1. The Balaban J connectivity index is 1.45. The smallest absolute Gasteiger partial charge is 0.266 e. The van der Waals surface area contributed by atoms with Crippen molar-refractivity contribution in [2.75, 3.05) is 17.6 Å². The number of nitrogens with two attached hydrogens (primary N) is 1. The summed E-state index contributed by atoms with van der Waals surface area (Å²) in [5.41, 5.74) is 9.97. The molecule has 1 unspecified atom stereocenters. The summed E-state index contributed by atoms with van der Waals surface area (Å²) in [7, 11) is 1.89. The lowest BCUT2D eigenvalue weighted by Crippen LogP contribution is -2.34. The van der Waals surface area contributed by atoms with E-state index in [1.807, 2.05) is 74.7 Å². The maximum Gasteiger partial charge on any atom is 0.266 e. The third-order valence-corrected chi connectivity index (χ3v) is 7.22. The van der Waals surface area contributed by atoms with Gasteiger partial charge in [0.05, 0.1) is 28.8 Å². The predicted molar refractivity (Wildman–Crippen MR) is 161 cm³/mol. The number of anilines is 2. The molecule has 11 heteroatoms. The zero-order chi connectivity index (χ0) is 28.7. The molecule has 1 aliphatic heterocycles. The summed E-state index contributed by atoms with van der Waals surface area (Å²) in [6.07, 6.45) is 9.27. The number of amides is 1. The monoisotopic (exact) mass is 547 g/mol. The molecule has 11 nitrogen and oxygen atoms in total. The number of aryl methyl sites for hydroxylation is 1.